The maximum Gasteiger partial charge on any atom is 0.0970 e. The Bertz CT molecular complexity index is 375. The fraction of sp³-hybridized carbons (Fsp3) is 0.571. The first kappa shape index (κ1) is 19.0. The van der Waals surface area contributed by atoms with Crippen molar-refractivity contribution in [2.75, 3.05) is 20.1 Å². The minimum absolute atomic E-state index is 0. The zero-order valence-corrected chi connectivity index (χ0v) is 13.9. The summed E-state index contributed by atoms with van der Waals surface area (Å²) in [5.74, 6) is 0. The van der Waals surface area contributed by atoms with E-state index in [1.165, 1.54) is 31.5 Å². The molecule has 1 saturated heterocycles. The Morgan fingerprint density at radius 3 is 2.37 bits per heavy atom. The third-order valence-corrected chi connectivity index (χ3v) is 4.11. The predicted octanol–water partition coefficient (Wildman–Crippen LogP) is 4.06. The third kappa shape index (κ3) is 3.77. The molecule has 5 heteroatoms. The highest BCUT2D eigenvalue weighted by Gasteiger charge is 2.36. The van der Waals surface area contributed by atoms with Gasteiger partial charge in [-0.3, -0.25) is 10.2 Å². The van der Waals surface area contributed by atoms with Crippen LogP contribution < -0.4 is 5.32 Å². The molecule has 2 rings (SSSR count). The van der Waals surface area contributed by atoms with Gasteiger partial charge in [0.15, 0.2) is 0 Å². The Hall–Kier alpha value is 0.01000. The highest BCUT2D eigenvalue weighted by molar-refractivity contribution is 6.30. The quantitative estimate of drug-likeness (QED) is 0.898. The number of benzene rings is 1. The molecule has 0 spiro atoms. The number of hydrogen-bond acceptors (Lipinski definition) is 2. The van der Waals surface area contributed by atoms with E-state index in [-0.39, 0.29) is 30.5 Å². The molecule has 1 aromatic rings. The highest BCUT2D eigenvalue weighted by atomic mass is 35.5. The van der Waals surface area contributed by atoms with E-state index in [0.29, 0.717) is 0 Å². The molecule has 0 aliphatic carbocycles. The van der Waals surface area contributed by atoms with Crippen molar-refractivity contribution in [1.82, 2.24) is 10.2 Å². The van der Waals surface area contributed by atoms with Gasteiger partial charge in [0, 0.05) is 18.1 Å². The van der Waals surface area contributed by atoms with Crippen LogP contribution in [0.5, 0.6) is 0 Å². The van der Waals surface area contributed by atoms with Gasteiger partial charge >= 0.3 is 0 Å². The molecule has 1 fully saturated rings. The van der Waals surface area contributed by atoms with Gasteiger partial charge in [0.2, 0.25) is 0 Å². The predicted molar refractivity (Wildman–Crippen MR) is 87.8 cm³/mol. The van der Waals surface area contributed by atoms with Crippen LogP contribution in [0, 0.1) is 0 Å². The van der Waals surface area contributed by atoms with Crippen LogP contribution in [0.25, 0.3) is 0 Å². The third-order valence-electron chi connectivity index (χ3n) is 3.87. The van der Waals surface area contributed by atoms with E-state index < -0.39 is 0 Å². The summed E-state index contributed by atoms with van der Waals surface area (Å²) in [6, 6.07) is 8.23. The van der Waals surface area contributed by atoms with Crippen LogP contribution in [-0.4, -0.2) is 25.0 Å². The van der Waals surface area contributed by atoms with Crippen LogP contribution >= 0.6 is 36.4 Å². The monoisotopic (exact) mass is 324 g/mol. The topological polar surface area (TPSA) is 15.3 Å². The number of likely N-dealkylation sites (tertiary alicyclic amines) is 1. The lowest BCUT2D eigenvalue weighted by Gasteiger charge is -2.42. The number of rotatable bonds is 4. The van der Waals surface area contributed by atoms with Crippen molar-refractivity contribution in [3.8, 4) is 0 Å². The van der Waals surface area contributed by atoms with E-state index in [9.17, 15) is 0 Å². The number of nitrogens with zero attached hydrogens (tertiary/aromatic N) is 1. The van der Waals surface area contributed by atoms with Crippen molar-refractivity contribution in [2.24, 2.45) is 0 Å². The van der Waals surface area contributed by atoms with Gasteiger partial charge in [0.1, 0.15) is 0 Å². The summed E-state index contributed by atoms with van der Waals surface area (Å²) in [5.41, 5.74) is 1.22. The standard InChI is InChI=1S/C14H21ClN2.2ClH/c1-3-14(16-2,17-9-4-5-10-17)12-7-6-8-13(15)11-12;;/h6-8,11,16H,3-5,9-10H2,1-2H3;2*1H. The lowest BCUT2D eigenvalue weighted by Crippen LogP contribution is -2.53. The van der Waals surface area contributed by atoms with Crippen molar-refractivity contribution >= 4 is 36.4 Å². The average molecular weight is 326 g/mol. The number of nitrogens with one attached hydrogen (secondary N) is 1. The summed E-state index contributed by atoms with van der Waals surface area (Å²) in [7, 11) is 2.04. The van der Waals surface area contributed by atoms with Crippen molar-refractivity contribution in [2.45, 2.75) is 31.8 Å². The van der Waals surface area contributed by atoms with Crippen LogP contribution in [0.4, 0.5) is 0 Å². The van der Waals surface area contributed by atoms with Crippen LogP contribution in [0.2, 0.25) is 5.02 Å². The van der Waals surface area contributed by atoms with E-state index in [4.69, 9.17) is 11.6 Å². The molecule has 2 nitrogen and oxygen atoms in total. The van der Waals surface area contributed by atoms with Gasteiger partial charge in [-0.2, -0.15) is 0 Å². The molecule has 1 aliphatic rings. The largest absolute Gasteiger partial charge is 0.298 e. The SMILES string of the molecule is CCC(NC)(c1cccc(Cl)c1)N1CCCC1.Cl.Cl. The zero-order valence-electron chi connectivity index (χ0n) is 11.5. The van der Waals surface area contributed by atoms with E-state index >= 15 is 0 Å². The molecule has 1 heterocycles. The molecule has 110 valence electrons. The first-order valence-corrected chi connectivity index (χ1v) is 6.81. The maximum absolute atomic E-state index is 6.13. The molecule has 0 amide bonds. The van der Waals surface area contributed by atoms with Crippen LogP contribution in [0.1, 0.15) is 31.7 Å². The zero-order chi connectivity index (χ0) is 12.3. The van der Waals surface area contributed by atoms with Gasteiger partial charge in [-0.15, -0.1) is 24.8 Å². The fourth-order valence-corrected chi connectivity index (χ4v) is 3.12. The molecular formula is C14H23Cl3N2. The molecule has 0 radical (unpaired) electrons. The maximum atomic E-state index is 6.13. The average Bonchev–Trinajstić information content (AvgIpc) is 2.86. The van der Waals surface area contributed by atoms with Gasteiger partial charge in [-0.05, 0) is 44.0 Å². The highest BCUT2D eigenvalue weighted by Crippen LogP contribution is 2.33. The molecule has 0 aromatic heterocycles. The van der Waals surface area contributed by atoms with Gasteiger partial charge in [-0.1, -0.05) is 30.7 Å². The van der Waals surface area contributed by atoms with Crippen molar-refractivity contribution < 1.29 is 0 Å². The second kappa shape index (κ2) is 8.33. The molecular weight excluding hydrogens is 303 g/mol. The molecule has 1 aromatic carbocycles. The van der Waals surface area contributed by atoms with Gasteiger partial charge in [0.25, 0.3) is 0 Å². The Morgan fingerprint density at radius 2 is 1.89 bits per heavy atom. The van der Waals surface area contributed by atoms with E-state index in [1.54, 1.807) is 0 Å². The number of hydrogen-bond donors (Lipinski definition) is 1. The summed E-state index contributed by atoms with van der Waals surface area (Å²) in [4.78, 5) is 2.54. The van der Waals surface area contributed by atoms with Crippen LogP contribution in [0.3, 0.4) is 0 Å². The summed E-state index contributed by atoms with van der Waals surface area (Å²) in [6.07, 6.45) is 3.64. The fourth-order valence-electron chi connectivity index (χ4n) is 2.93. The molecule has 0 saturated carbocycles. The second-order valence-electron chi connectivity index (χ2n) is 4.67. The summed E-state index contributed by atoms with van der Waals surface area (Å²) < 4.78 is 0. The first-order valence-electron chi connectivity index (χ1n) is 6.43. The van der Waals surface area contributed by atoms with Crippen LogP contribution in [0.15, 0.2) is 24.3 Å². The normalized spacial score (nSPS) is 18.3. The molecule has 19 heavy (non-hydrogen) atoms. The number of halogens is 3. The minimum atomic E-state index is -0.0542. The molecule has 1 N–H and O–H groups in total. The van der Waals surface area contributed by atoms with Gasteiger partial charge < -0.3 is 0 Å². The Kier molecular flexibility index (Phi) is 8.34. The molecule has 1 atom stereocenters. The smallest absolute Gasteiger partial charge is 0.0970 e. The molecule has 0 bridgehead atoms. The second-order valence-corrected chi connectivity index (χ2v) is 5.10. The molecule has 1 aliphatic heterocycles. The van der Waals surface area contributed by atoms with Gasteiger partial charge in [-0.25, -0.2) is 0 Å². The lowest BCUT2D eigenvalue weighted by atomic mass is 9.95. The lowest BCUT2D eigenvalue weighted by molar-refractivity contribution is 0.0796. The van der Waals surface area contributed by atoms with Crippen molar-refractivity contribution in [3.05, 3.63) is 34.9 Å². The summed E-state index contributed by atoms with van der Waals surface area (Å²) in [5, 5.41) is 4.33. The van der Waals surface area contributed by atoms with Gasteiger partial charge in [0.05, 0.1) is 5.66 Å². The minimum Gasteiger partial charge on any atom is -0.298 e. The summed E-state index contributed by atoms with van der Waals surface area (Å²) >= 11 is 6.13. The Morgan fingerprint density at radius 1 is 1.26 bits per heavy atom. The van der Waals surface area contributed by atoms with Crippen LogP contribution in [-0.2, 0) is 5.66 Å². The first-order chi connectivity index (χ1) is 8.23. The van der Waals surface area contributed by atoms with Crippen molar-refractivity contribution in [1.29, 1.82) is 0 Å². The molecule has 1 unspecified atom stereocenters. The van der Waals surface area contributed by atoms with E-state index in [2.05, 4.69) is 29.3 Å². The Balaban J connectivity index is 0.00000162. The Labute approximate surface area is 133 Å². The summed E-state index contributed by atoms with van der Waals surface area (Å²) in [6.45, 7) is 4.57. The van der Waals surface area contributed by atoms with E-state index in [0.717, 1.165) is 11.4 Å². The van der Waals surface area contributed by atoms with Crippen molar-refractivity contribution in [3.63, 3.8) is 0 Å². The van der Waals surface area contributed by atoms with E-state index in [1.807, 2.05) is 19.2 Å².